The Morgan fingerprint density at radius 1 is 1.00 bits per heavy atom. The zero-order valence-electron chi connectivity index (χ0n) is 23.9. The Hall–Kier alpha value is -2.86. The van der Waals surface area contributed by atoms with Crippen molar-refractivity contribution in [1.29, 1.82) is 0 Å². The summed E-state index contributed by atoms with van der Waals surface area (Å²) in [5.41, 5.74) is -1.17. The zero-order chi connectivity index (χ0) is 30.2. The van der Waals surface area contributed by atoms with Crippen molar-refractivity contribution in [3.05, 3.63) is 0 Å². The van der Waals surface area contributed by atoms with Gasteiger partial charge in [-0.3, -0.25) is 19.2 Å². The molecular formula is C27H41F3N4O6. The minimum atomic E-state index is -4.84. The van der Waals surface area contributed by atoms with Crippen molar-refractivity contribution < 1.29 is 41.9 Å². The van der Waals surface area contributed by atoms with E-state index in [-0.39, 0.29) is 29.7 Å². The van der Waals surface area contributed by atoms with Gasteiger partial charge in [-0.2, -0.15) is 13.2 Å². The zero-order valence-corrected chi connectivity index (χ0v) is 23.9. The van der Waals surface area contributed by atoms with Gasteiger partial charge >= 0.3 is 12.3 Å². The van der Waals surface area contributed by atoms with E-state index in [1.165, 1.54) is 4.90 Å². The van der Waals surface area contributed by atoms with Gasteiger partial charge in [-0.1, -0.05) is 33.1 Å². The molecule has 1 aliphatic heterocycles. The molecule has 5 atom stereocenters. The van der Waals surface area contributed by atoms with Gasteiger partial charge < -0.3 is 25.6 Å². The molecule has 3 fully saturated rings. The third-order valence-corrected chi connectivity index (χ3v) is 8.34. The van der Waals surface area contributed by atoms with Crippen LogP contribution in [-0.4, -0.2) is 78.0 Å². The highest BCUT2D eigenvalue weighted by Crippen LogP contribution is 2.65. The summed E-state index contributed by atoms with van der Waals surface area (Å²) in [5, 5.41) is 6.82. The van der Waals surface area contributed by atoms with Crippen LogP contribution in [0.15, 0.2) is 0 Å². The molecule has 13 heteroatoms. The summed E-state index contributed by atoms with van der Waals surface area (Å²) in [6.45, 7) is 9.07. The van der Waals surface area contributed by atoms with Crippen LogP contribution < -0.4 is 16.0 Å². The van der Waals surface area contributed by atoms with E-state index in [1.54, 1.807) is 20.8 Å². The Balaban J connectivity index is 1.88. The molecule has 2 saturated carbocycles. The molecule has 0 aromatic heterocycles. The molecule has 3 rings (SSSR count). The lowest BCUT2D eigenvalue weighted by atomic mass is 9.83. The fourth-order valence-corrected chi connectivity index (χ4v) is 6.25. The highest BCUT2D eigenvalue weighted by Gasteiger charge is 2.70. The average Bonchev–Trinajstić information content (AvgIpc) is 3.16. The van der Waals surface area contributed by atoms with E-state index in [9.17, 15) is 37.1 Å². The quantitative estimate of drug-likeness (QED) is 0.382. The number of carbonyl (C=O) groups excluding carboxylic acids is 5. The molecule has 0 radical (unpaired) electrons. The molecule has 0 aromatic carbocycles. The summed E-state index contributed by atoms with van der Waals surface area (Å²) in [7, 11) is 1.10. The number of amides is 4. The second-order valence-electron chi connectivity index (χ2n) is 12.7. The van der Waals surface area contributed by atoms with E-state index < -0.39 is 65.9 Å². The first-order valence-corrected chi connectivity index (χ1v) is 13.8. The van der Waals surface area contributed by atoms with Crippen LogP contribution in [-0.2, 0) is 23.9 Å². The number of ketones is 1. The van der Waals surface area contributed by atoms with Crippen LogP contribution in [0.4, 0.5) is 18.0 Å². The molecule has 3 aliphatic rings. The molecule has 1 heterocycles. The van der Waals surface area contributed by atoms with Gasteiger partial charge in [0.05, 0.1) is 6.42 Å². The summed E-state index contributed by atoms with van der Waals surface area (Å²) < 4.78 is 45.2. The Bertz CT molecular complexity index is 1020. The molecule has 0 aromatic rings. The molecular weight excluding hydrogens is 533 g/mol. The maximum Gasteiger partial charge on any atom is 0.408 e. The number of halogens is 3. The number of piperidine rings is 1. The largest absolute Gasteiger partial charge is 0.444 e. The Kier molecular flexibility index (Phi) is 9.15. The number of likely N-dealkylation sites (tertiary alicyclic amines) is 1. The van der Waals surface area contributed by atoms with Crippen molar-refractivity contribution >= 4 is 29.6 Å². The van der Waals surface area contributed by atoms with Crippen molar-refractivity contribution in [3.8, 4) is 0 Å². The third kappa shape index (κ3) is 7.25. The summed E-state index contributed by atoms with van der Waals surface area (Å²) in [6.07, 6.45) is -3.24. The highest BCUT2D eigenvalue weighted by atomic mass is 19.4. The number of likely N-dealkylation sites (N-methyl/N-ethyl adjacent to an activating group) is 1. The van der Waals surface area contributed by atoms with Crippen molar-refractivity contribution in [2.24, 2.45) is 23.2 Å². The number of nitrogens with zero attached hydrogens (tertiary/aromatic N) is 1. The smallest absolute Gasteiger partial charge is 0.408 e. The monoisotopic (exact) mass is 574 g/mol. The van der Waals surface area contributed by atoms with Crippen LogP contribution in [0.3, 0.4) is 0 Å². The number of carbonyl (C=O) groups is 5. The second kappa shape index (κ2) is 11.6. The van der Waals surface area contributed by atoms with Crippen LogP contribution in [0.1, 0.15) is 73.1 Å². The number of ether oxygens (including phenoxy) is 1. The number of alkyl carbamates (subject to hydrolysis) is 1. The summed E-state index contributed by atoms with van der Waals surface area (Å²) >= 11 is 0. The van der Waals surface area contributed by atoms with E-state index >= 15 is 0 Å². The Labute approximate surface area is 232 Å². The number of fused-ring (bicyclic) bond motifs is 1. The number of Topliss-reactive ketones (excluding diaryl/α,β-unsaturated/α-hetero) is 1. The minimum absolute atomic E-state index is 0.0866. The molecule has 0 bridgehead atoms. The molecule has 0 spiro atoms. The summed E-state index contributed by atoms with van der Waals surface area (Å²) in [5.74, 6) is -4.78. The van der Waals surface area contributed by atoms with Gasteiger partial charge in [0.25, 0.3) is 5.91 Å². The first-order valence-electron chi connectivity index (χ1n) is 13.8. The number of alkyl halides is 3. The van der Waals surface area contributed by atoms with Crippen LogP contribution in [0.5, 0.6) is 0 Å². The fourth-order valence-electron chi connectivity index (χ4n) is 6.25. The van der Waals surface area contributed by atoms with Gasteiger partial charge in [0.15, 0.2) is 0 Å². The van der Waals surface area contributed by atoms with Crippen molar-refractivity contribution in [2.75, 3.05) is 13.6 Å². The van der Waals surface area contributed by atoms with E-state index in [4.69, 9.17) is 4.74 Å². The lowest BCUT2D eigenvalue weighted by Crippen LogP contribution is -2.60. The fraction of sp³-hybridized carbons (Fsp3) is 0.815. The highest BCUT2D eigenvalue weighted by molar-refractivity contribution is 6.38. The number of rotatable bonds is 8. The summed E-state index contributed by atoms with van der Waals surface area (Å²) in [6, 6.07) is -4.28. The maximum atomic E-state index is 14.0. The topological polar surface area (TPSA) is 134 Å². The molecule has 3 N–H and O–H groups in total. The minimum Gasteiger partial charge on any atom is -0.444 e. The molecule has 4 amide bonds. The van der Waals surface area contributed by atoms with Gasteiger partial charge in [0, 0.05) is 13.6 Å². The van der Waals surface area contributed by atoms with E-state index in [1.807, 2.05) is 19.2 Å². The second-order valence-corrected chi connectivity index (χ2v) is 12.7. The van der Waals surface area contributed by atoms with Crippen molar-refractivity contribution in [3.63, 3.8) is 0 Å². The summed E-state index contributed by atoms with van der Waals surface area (Å²) in [4.78, 5) is 65.8. The van der Waals surface area contributed by atoms with Gasteiger partial charge in [-0.25, -0.2) is 4.79 Å². The third-order valence-electron chi connectivity index (χ3n) is 8.34. The van der Waals surface area contributed by atoms with Crippen LogP contribution in [0, 0.1) is 23.2 Å². The lowest BCUT2D eigenvalue weighted by Gasteiger charge is -2.37. The predicted molar refractivity (Wildman–Crippen MR) is 138 cm³/mol. The Morgan fingerprint density at radius 2 is 1.60 bits per heavy atom. The maximum absolute atomic E-state index is 14.0. The number of hydrogen-bond acceptors (Lipinski definition) is 6. The molecule has 40 heavy (non-hydrogen) atoms. The lowest BCUT2D eigenvalue weighted by molar-refractivity contribution is -0.155. The van der Waals surface area contributed by atoms with Crippen molar-refractivity contribution in [2.45, 2.75) is 103 Å². The van der Waals surface area contributed by atoms with E-state index in [2.05, 4.69) is 10.6 Å². The average molecular weight is 575 g/mol. The molecule has 2 aliphatic carbocycles. The SMILES string of the molecule is CNC(=O)C(=O)C(CC(F)(F)F)NC(=O)[C@@H]1[C@@H]2C(CN1C(=O)[C@@H](NC(=O)OC(C)(C)C)C1CCCCC1)C2(C)C. The molecule has 226 valence electrons. The standard InChI is InChI=1S/C27H41F3N4O6/c1-25(2,3)40-24(39)33-18(14-10-8-7-9-11-14)23(38)34-13-15-17(26(15,4)5)19(34)21(36)32-16(12-27(28,29)30)20(35)22(37)31-6/h14-19H,7-13H2,1-6H3,(H,31,37)(H,32,36)(H,33,39)/t15?,16?,17-,18-,19-/m0/s1. The van der Waals surface area contributed by atoms with Crippen LogP contribution in [0.2, 0.25) is 0 Å². The first kappa shape index (κ1) is 31.7. The van der Waals surface area contributed by atoms with E-state index in [0.29, 0.717) is 12.8 Å². The van der Waals surface area contributed by atoms with Crippen LogP contribution in [0.25, 0.3) is 0 Å². The number of hydrogen-bond donors (Lipinski definition) is 3. The van der Waals surface area contributed by atoms with Gasteiger partial charge in [0.2, 0.25) is 17.6 Å². The predicted octanol–water partition coefficient (Wildman–Crippen LogP) is 2.70. The van der Waals surface area contributed by atoms with Gasteiger partial charge in [-0.15, -0.1) is 0 Å². The first-order chi connectivity index (χ1) is 18.4. The van der Waals surface area contributed by atoms with Gasteiger partial charge in [0.1, 0.15) is 23.7 Å². The molecule has 1 saturated heterocycles. The number of nitrogens with one attached hydrogen (secondary N) is 3. The van der Waals surface area contributed by atoms with Crippen molar-refractivity contribution in [1.82, 2.24) is 20.9 Å². The molecule has 2 unspecified atom stereocenters. The van der Waals surface area contributed by atoms with Crippen LogP contribution >= 0.6 is 0 Å². The van der Waals surface area contributed by atoms with E-state index in [0.717, 1.165) is 26.3 Å². The van der Waals surface area contributed by atoms with Gasteiger partial charge in [-0.05, 0) is 56.8 Å². The Morgan fingerprint density at radius 3 is 2.12 bits per heavy atom. The molecule has 10 nitrogen and oxygen atoms in total. The normalized spacial score (nSPS) is 25.7.